The minimum absolute atomic E-state index is 0.0126. The highest BCUT2D eigenvalue weighted by molar-refractivity contribution is 6.31. The molecular weight excluding hydrogens is 478 g/mol. The van der Waals surface area contributed by atoms with Crippen LogP contribution in [0.4, 0.5) is 5.69 Å². The standard InChI is InChI=1S/C27H25N3O7/c1-11-23(33)21(13(3)31)25-22(24(11)34)27(4)18(37-25)9-17(32)20(26(27)35)12(2)28-14-6-7-15-16(8-14)30-19(29-15)10-36-5/h6-9,28,33-34H,10H2,1-5H3,(H,29,30)/b20-12+. The largest absolute Gasteiger partial charge is 0.507 e. The number of aromatic nitrogens is 2. The number of methoxy groups -OCH3 is 1. The summed E-state index contributed by atoms with van der Waals surface area (Å²) in [4.78, 5) is 46.9. The lowest BCUT2D eigenvalue weighted by Gasteiger charge is -2.29. The summed E-state index contributed by atoms with van der Waals surface area (Å²) in [6.07, 6.45) is 1.19. The highest BCUT2D eigenvalue weighted by atomic mass is 16.5. The van der Waals surface area contributed by atoms with Crippen molar-refractivity contribution in [2.45, 2.75) is 39.7 Å². The molecule has 2 aromatic carbocycles. The van der Waals surface area contributed by atoms with Crippen LogP contribution in [0.2, 0.25) is 0 Å². The number of imidazole rings is 1. The van der Waals surface area contributed by atoms with Crippen LogP contribution in [-0.4, -0.2) is 44.6 Å². The molecule has 1 aromatic heterocycles. The number of nitrogens with zero attached hydrogens (tertiary/aromatic N) is 1. The zero-order chi connectivity index (χ0) is 26.8. The van der Waals surface area contributed by atoms with Gasteiger partial charge in [0.15, 0.2) is 17.3 Å². The molecule has 0 saturated heterocycles. The lowest BCUT2D eigenvalue weighted by atomic mass is 9.70. The highest BCUT2D eigenvalue weighted by Gasteiger charge is 2.56. The number of hydrogen-bond acceptors (Lipinski definition) is 9. The van der Waals surface area contributed by atoms with Gasteiger partial charge in [-0.05, 0) is 45.9 Å². The van der Waals surface area contributed by atoms with Crippen LogP contribution in [0.3, 0.4) is 0 Å². The summed E-state index contributed by atoms with van der Waals surface area (Å²) in [6, 6.07) is 5.37. The molecule has 1 aliphatic heterocycles. The maximum Gasteiger partial charge on any atom is 0.194 e. The Balaban J connectivity index is 1.60. The highest BCUT2D eigenvalue weighted by Crippen LogP contribution is 2.57. The summed E-state index contributed by atoms with van der Waals surface area (Å²) in [7, 11) is 1.58. The predicted octanol–water partition coefficient (Wildman–Crippen LogP) is 3.70. The van der Waals surface area contributed by atoms with E-state index in [0.717, 1.165) is 11.0 Å². The van der Waals surface area contributed by atoms with Gasteiger partial charge in [-0.25, -0.2) is 4.98 Å². The Kier molecular flexibility index (Phi) is 5.45. The molecule has 0 saturated carbocycles. The number of H-pyrrole nitrogens is 1. The lowest BCUT2D eigenvalue weighted by Crippen LogP contribution is -2.40. The average molecular weight is 504 g/mol. The van der Waals surface area contributed by atoms with E-state index < -0.39 is 28.5 Å². The van der Waals surface area contributed by atoms with Gasteiger partial charge < -0.3 is 30.0 Å². The maximum absolute atomic E-state index is 13.9. The lowest BCUT2D eigenvalue weighted by molar-refractivity contribution is -0.123. The zero-order valence-corrected chi connectivity index (χ0v) is 20.9. The molecule has 37 heavy (non-hydrogen) atoms. The van der Waals surface area contributed by atoms with Gasteiger partial charge in [0.05, 0.1) is 22.2 Å². The number of rotatable bonds is 5. The zero-order valence-electron chi connectivity index (χ0n) is 20.9. The van der Waals surface area contributed by atoms with E-state index in [2.05, 4.69) is 15.3 Å². The van der Waals surface area contributed by atoms with Crippen molar-refractivity contribution in [3.8, 4) is 17.2 Å². The number of ether oxygens (including phenoxy) is 2. The number of Topliss-reactive ketones (excluding diaryl/α,β-unsaturated/α-hetero) is 2. The fourth-order valence-corrected chi connectivity index (χ4v) is 4.99. The molecule has 1 aliphatic carbocycles. The predicted molar refractivity (Wildman–Crippen MR) is 134 cm³/mol. The van der Waals surface area contributed by atoms with Crippen molar-refractivity contribution in [1.29, 1.82) is 0 Å². The molecule has 2 heterocycles. The number of carbonyl (C=O) groups excluding carboxylic acids is 3. The maximum atomic E-state index is 13.9. The van der Waals surface area contributed by atoms with E-state index in [0.29, 0.717) is 23.8 Å². The number of benzene rings is 2. The average Bonchev–Trinajstić information content (AvgIpc) is 3.36. The van der Waals surface area contributed by atoms with E-state index in [4.69, 9.17) is 9.47 Å². The summed E-state index contributed by atoms with van der Waals surface area (Å²) in [5, 5.41) is 24.5. The van der Waals surface area contributed by atoms with Gasteiger partial charge in [-0.2, -0.15) is 0 Å². The van der Waals surface area contributed by atoms with Crippen molar-refractivity contribution < 1.29 is 34.1 Å². The fraction of sp³-hybridized carbons (Fsp3) is 0.259. The summed E-state index contributed by atoms with van der Waals surface area (Å²) < 4.78 is 10.9. The second-order valence-corrected chi connectivity index (χ2v) is 9.36. The van der Waals surface area contributed by atoms with Gasteiger partial charge in [-0.1, -0.05) is 0 Å². The Morgan fingerprint density at radius 3 is 2.62 bits per heavy atom. The number of aromatic hydroxyl groups is 2. The monoisotopic (exact) mass is 503 g/mol. The van der Waals surface area contributed by atoms with Crippen molar-refractivity contribution in [3.63, 3.8) is 0 Å². The van der Waals surface area contributed by atoms with Crippen LogP contribution in [0.1, 0.15) is 48.1 Å². The molecule has 0 bridgehead atoms. The van der Waals surface area contributed by atoms with Crippen LogP contribution in [0, 0.1) is 6.92 Å². The molecule has 10 heteroatoms. The van der Waals surface area contributed by atoms with Crippen LogP contribution in [-0.2, 0) is 26.3 Å². The number of carbonyl (C=O) groups is 3. The molecule has 1 atom stereocenters. The van der Waals surface area contributed by atoms with Crippen molar-refractivity contribution in [3.05, 3.63) is 63.8 Å². The minimum atomic E-state index is -1.57. The molecule has 0 spiro atoms. The third-order valence-electron chi connectivity index (χ3n) is 6.90. The number of aromatic amines is 1. The minimum Gasteiger partial charge on any atom is -0.507 e. The Morgan fingerprint density at radius 2 is 1.95 bits per heavy atom. The third kappa shape index (κ3) is 3.44. The molecule has 0 fully saturated rings. The molecule has 5 rings (SSSR count). The van der Waals surface area contributed by atoms with Gasteiger partial charge >= 0.3 is 0 Å². The number of phenols is 2. The molecule has 4 N–H and O–H groups in total. The van der Waals surface area contributed by atoms with Crippen molar-refractivity contribution in [2.75, 3.05) is 12.4 Å². The SMILES string of the molecule is COCc1nc2ccc(N/C(C)=C3\C(=O)C=C4Oc5c(C(C)=O)c(O)c(C)c(O)c5C4(C)C3=O)cc2[nH]1. The van der Waals surface area contributed by atoms with E-state index in [1.54, 1.807) is 32.2 Å². The van der Waals surface area contributed by atoms with Crippen LogP contribution in [0.5, 0.6) is 17.2 Å². The second-order valence-electron chi connectivity index (χ2n) is 9.36. The fourth-order valence-electron chi connectivity index (χ4n) is 4.99. The molecular formula is C27H25N3O7. The third-order valence-corrected chi connectivity index (χ3v) is 6.90. The number of allylic oxidation sites excluding steroid dienone is 4. The Bertz CT molecular complexity index is 1610. The first-order chi connectivity index (χ1) is 17.5. The summed E-state index contributed by atoms with van der Waals surface area (Å²) >= 11 is 0. The quantitative estimate of drug-likeness (QED) is 0.232. The Hall–Kier alpha value is -4.44. The molecule has 1 unspecified atom stereocenters. The van der Waals surface area contributed by atoms with Gasteiger partial charge in [0, 0.05) is 30.1 Å². The first-order valence-electron chi connectivity index (χ1n) is 11.5. The molecule has 10 nitrogen and oxygen atoms in total. The van der Waals surface area contributed by atoms with Crippen LogP contribution < -0.4 is 10.1 Å². The number of hydrogen-bond donors (Lipinski definition) is 4. The Labute approximate surface area is 211 Å². The number of ketones is 3. The van der Waals surface area contributed by atoms with Crippen LogP contribution in [0.25, 0.3) is 11.0 Å². The normalized spacial score (nSPS) is 19.9. The summed E-state index contributed by atoms with van der Waals surface area (Å²) in [6.45, 7) is 6.15. The van der Waals surface area contributed by atoms with Crippen molar-refractivity contribution >= 4 is 34.1 Å². The van der Waals surface area contributed by atoms with E-state index in [9.17, 15) is 24.6 Å². The molecule has 2 aliphatic rings. The van der Waals surface area contributed by atoms with Crippen LogP contribution >= 0.6 is 0 Å². The number of fused-ring (bicyclic) bond motifs is 4. The summed E-state index contributed by atoms with van der Waals surface area (Å²) in [5.41, 5.74) is 0.672. The van der Waals surface area contributed by atoms with Gasteiger partial charge in [-0.3, -0.25) is 14.4 Å². The first kappa shape index (κ1) is 24.3. The van der Waals surface area contributed by atoms with Crippen molar-refractivity contribution in [1.82, 2.24) is 9.97 Å². The van der Waals surface area contributed by atoms with Gasteiger partial charge in [0.1, 0.15) is 46.4 Å². The number of nitrogens with one attached hydrogen (secondary N) is 2. The van der Waals surface area contributed by atoms with Gasteiger partial charge in [0.25, 0.3) is 0 Å². The number of phenolic OH excluding ortho intramolecular Hbond substituents is 2. The van der Waals surface area contributed by atoms with Crippen LogP contribution in [0.15, 0.2) is 41.3 Å². The van der Waals surface area contributed by atoms with E-state index >= 15 is 0 Å². The molecule has 190 valence electrons. The van der Waals surface area contributed by atoms with E-state index in [1.165, 1.54) is 26.8 Å². The van der Waals surface area contributed by atoms with E-state index in [1.807, 2.05) is 0 Å². The first-order valence-corrected chi connectivity index (χ1v) is 11.5. The molecule has 0 amide bonds. The van der Waals surface area contributed by atoms with Crippen molar-refractivity contribution in [2.24, 2.45) is 0 Å². The number of anilines is 1. The Morgan fingerprint density at radius 1 is 1.22 bits per heavy atom. The summed E-state index contributed by atoms with van der Waals surface area (Å²) in [5.74, 6) is -1.94. The van der Waals surface area contributed by atoms with Gasteiger partial charge in [-0.15, -0.1) is 0 Å². The topological polar surface area (TPSA) is 151 Å². The van der Waals surface area contributed by atoms with E-state index in [-0.39, 0.29) is 39.5 Å². The smallest absolute Gasteiger partial charge is 0.194 e. The molecule has 0 radical (unpaired) electrons. The van der Waals surface area contributed by atoms with Gasteiger partial charge in [0.2, 0.25) is 0 Å². The molecule has 3 aromatic rings. The second kappa shape index (κ2) is 8.31.